The van der Waals surface area contributed by atoms with Crippen LogP contribution in [0.15, 0.2) is 48.8 Å². The number of pyridine rings is 1. The maximum atomic E-state index is 12.9. The fraction of sp³-hybridized carbons (Fsp3) is 0.440. The largest absolute Gasteiger partial charge is 0.355 e. The predicted octanol–water partition coefficient (Wildman–Crippen LogP) is 4.21. The first-order chi connectivity index (χ1) is 14.6. The molecule has 0 unspecified atom stereocenters. The van der Waals surface area contributed by atoms with Gasteiger partial charge >= 0.3 is 0 Å². The van der Waals surface area contributed by atoms with E-state index in [4.69, 9.17) is 0 Å². The minimum absolute atomic E-state index is 0.101. The first-order valence-electron chi connectivity index (χ1n) is 11.1. The molecule has 2 aromatic heterocycles. The van der Waals surface area contributed by atoms with Gasteiger partial charge < -0.3 is 9.88 Å². The van der Waals surface area contributed by atoms with Crippen molar-refractivity contribution in [2.75, 3.05) is 6.54 Å². The zero-order valence-electron chi connectivity index (χ0n) is 18.2. The number of nitrogens with zero attached hydrogens (tertiary/aromatic N) is 2. The lowest BCUT2D eigenvalue weighted by molar-refractivity contribution is -0.123. The summed E-state index contributed by atoms with van der Waals surface area (Å²) in [6, 6.07) is 12.5. The van der Waals surface area contributed by atoms with Crippen molar-refractivity contribution < 1.29 is 4.79 Å². The molecule has 0 radical (unpaired) electrons. The predicted molar refractivity (Wildman–Crippen MR) is 121 cm³/mol. The molecular weight excluding hydrogens is 372 g/mol. The second-order valence-corrected chi connectivity index (χ2v) is 8.74. The van der Waals surface area contributed by atoms with E-state index in [0.29, 0.717) is 12.3 Å². The average molecular weight is 405 g/mol. The van der Waals surface area contributed by atoms with Crippen molar-refractivity contribution in [3.63, 3.8) is 0 Å². The molecule has 158 valence electrons. The van der Waals surface area contributed by atoms with Crippen molar-refractivity contribution in [2.45, 2.75) is 58.7 Å². The van der Waals surface area contributed by atoms with E-state index in [1.165, 1.54) is 22.0 Å². The van der Waals surface area contributed by atoms with E-state index in [2.05, 4.69) is 71.4 Å². The number of amides is 1. The monoisotopic (exact) mass is 404 g/mol. The van der Waals surface area contributed by atoms with Crippen LogP contribution < -0.4 is 10.6 Å². The van der Waals surface area contributed by atoms with Crippen LogP contribution >= 0.6 is 0 Å². The van der Waals surface area contributed by atoms with Gasteiger partial charge in [-0.15, -0.1) is 0 Å². The Bertz CT molecular complexity index is 1010. The van der Waals surface area contributed by atoms with Crippen LogP contribution in [0.2, 0.25) is 0 Å². The Morgan fingerprint density at radius 1 is 1.27 bits per heavy atom. The summed E-state index contributed by atoms with van der Waals surface area (Å²) in [6.45, 7) is 8.02. The maximum Gasteiger partial charge on any atom is 0.237 e. The van der Waals surface area contributed by atoms with E-state index >= 15 is 0 Å². The Hall–Kier alpha value is -2.66. The molecule has 3 aromatic rings. The molecule has 2 N–H and O–H groups in total. The van der Waals surface area contributed by atoms with Crippen molar-refractivity contribution in [3.05, 3.63) is 65.6 Å². The van der Waals surface area contributed by atoms with Gasteiger partial charge in [-0.05, 0) is 54.5 Å². The molecule has 2 atom stereocenters. The molecule has 0 spiro atoms. The summed E-state index contributed by atoms with van der Waals surface area (Å²) in [5.41, 5.74) is 4.81. The van der Waals surface area contributed by atoms with Crippen LogP contribution in [0, 0.1) is 5.92 Å². The summed E-state index contributed by atoms with van der Waals surface area (Å²) in [5.74, 6) is 0.637. The molecule has 4 rings (SSSR count). The van der Waals surface area contributed by atoms with E-state index in [0.717, 1.165) is 31.6 Å². The van der Waals surface area contributed by atoms with Crippen molar-refractivity contribution >= 4 is 16.8 Å². The van der Waals surface area contributed by atoms with Gasteiger partial charge in [0.2, 0.25) is 5.91 Å². The summed E-state index contributed by atoms with van der Waals surface area (Å²) in [6.07, 6.45) is 6.71. The lowest BCUT2D eigenvalue weighted by Gasteiger charge is -2.25. The Morgan fingerprint density at radius 2 is 2.13 bits per heavy atom. The smallest absolute Gasteiger partial charge is 0.237 e. The molecule has 5 nitrogen and oxygen atoms in total. The van der Waals surface area contributed by atoms with Crippen LogP contribution in [-0.2, 0) is 17.8 Å². The molecule has 3 heterocycles. The number of carbonyl (C=O) groups is 1. The summed E-state index contributed by atoms with van der Waals surface area (Å²) >= 11 is 0. The first kappa shape index (κ1) is 20.6. The number of hydrogen-bond acceptors (Lipinski definition) is 3. The molecule has 5 heteroatoms. The van der Waals surface area contributed by atoms with Crippen molar-refractivity contribution in [2.24, 2.45) is 5.92 Å². The number of benzene rings is 1. The average Bonchev–Trinajstić information content (AvgIpc) is 3.00. The van der Waals surface area contributed by atoms with Gasteiger partial charge in [0.05, 0.1) is 18.3 Å². The van der Waals surface area contributed by atoms with E-state index < -0.39 is 0 Å². The minimum atomic E-state index is -0.221. The van der Waals surface area contributed by atoms with Gasteiger partial charge in [0.15, 0.2) is 0 Å². The molecule has 1 amide bonds. The van der Waals surface area contributed by atoms with E-state index in [9.17, 15) is 4.79 Å². The lowest BCUT2D eigenvalue weighted by atomic mass is 9.94. The molecule has 1 aromatic carbocycles. The Kier molecular flexibility index (Phi) is 6.18. The van der Waals surface area contributed by atoms with E-state index in [1.807, 2.05) is 18.3 Å². The zero-order valence-corrected chi connectivity index (χ0v) is 18.2. The number of carbonyl (C=O) groups excluding carboxylic acids is 1. The van der Waals surface area contributed by atoms with Gasteiger partial charge in [0.25, 0.3) is 0 Å². The maximum absolute atomic E-state index is 12.9. The zero-order chi connectivity index (χ0) is 21.1. The van der Waals surface area contributed by atoms with Crippen LogP contribution in [-0.4, -0.2) is 28.0 Å². The molecule has 0 aliphatic carbocycles. The van der Waals surface area contributed by atoms with Gasteiger partial charge in [-0.2, -0.15) is 0 Å². The van der Waals surface area contributed by atoms with Gasteiger partial charge in [-0.25, -0.2) is 0 Å². The highest BCUT2D eigenvalue weighted by molar-refractivity contribution is 5.90. The van der Waals surface area contributed by atoms with Crippen LogP contribution in [0.3, 0.4) is 0 Å². The van der Waals surface area contributed by atoms with Gasteiger partial charge in [-0.3, -0.25) is 15.1 Å². The molecule has 0 saturated carbocycles. The normalized spacial score (nSPS) is 18.5. The second kappa shape index (κ2) is 9.00. The van der Waals surface area contributed by atoms with E-state index in [1.54, 1.807) is 0 Å². The standard InChI is InChI=1S/C25H32N4O/c1-4-11-27-25(30)22-14-18-15-29(16-19-8-5-6-12-26-19)23-10-7-9-20(24(18)23)21(28-22)13-17(2)3/h5-10,12,15,17,21-22,28H,4,11,13-14,16H2,1-3H3,(H,27,30)/t21-,22-/m0/s1. The lowest BCUT2D eigenvalue weighted by Crippen LogP contribution is -2.46. The topological polar surface area (TPSA) is 59.0 Å². The third kappa shape index (κ3) is 4.26. The molecule has 1 aliphatic heterocycles. The quantitative estimate of drug-likeness (QED) is 0.620. The van der Waals surface area contributed by atoms with Crippen LogP contribution in [0.25, 0.3) is 10.9 Å². The fourth-order valence-electron chi connectivity index (χ4n) is 4.53. The Balaban J connectivity index is 1.76. The number of rotatable bonds is 7. The highest BCUT2D eigenvalue weighted by Gasteiger charge is 2.30. The van der Waals surface area contributed by atoms with Crippen LogP contribution in [0.4, 0.5) is 0 Å². The van der Waals surface area contributed by atoms with Crippen LogP contribution in [0.1, 0.15) is 56.5 Å². The number of hydrogen-bond donors (Lipinski definition) is 2. The summed E-state index contributed by atoms with van der Waals surface area (Å²) in [5, 5.41) is 8.08. The van der Waals surface area contributed by atoms with Crippen molar-refractivity contribution in [1.82, 2.24) is 20.2 Å². The number of nitrogens with one attached hydrogen (secondary N) is 2. The van der Waals surface area contributed by atoms with Crippen molar-refractivity contribution in [3.8, 4) is 0 Å². The summed E-state index contributed by atoms with van der Waals surface area (Å²) in [4.78, 5) is 17.4. The van der Waals surface area contributed by atoms with Crippen molar-refractivity contribution in [1.29, 1.82) is 0 Å². The Morgan fingerprint density at radius 3 is 2.87 bits per heavy atom. The third-order valence-corrected chi connectivity index (χ3v) is 5.85. The highest BCUT2D eigenvalue weighted by atomic mass is 16.2. The summed E-state index contributed by atoms with van der Waals surface area (Å²) in [7, 11) is 0. The SMILES string of the molecule is CCCNC(=O)[C@@H]1Cc2cn(Cc3ccccn3)c3cccc(c23)[C@H](CC(C)C)N1. The molecule has 1 aliphatic rings. The molecule has 0 fully saturated rings. The first-order valence-corrected chi connectivity index (χ1v) is 11.1. The Labute approximate surface area is 178 Å². The van der Waals surface area contributed by atoms with Gasteiger partial charge in [0, 0.05) is 35.9 Å². The molecule has 30 heavy (non-hydrogen) atoms. The summed E-state index contributed by atoms with van der Waals surface area (Å²) < 4.78 is 2.29. The van der Waals surface area contributed by atoms with Gasteiger partial charge in [0.1, 0.15) is 0 Å². The molecule has 0 saturated heterocycles. The van der Waals surface area contributed by atoms with Crippen LogP contribution in [0.5, 0.6) is 0 Å². The molecular formula is C25H32N4O. The molecule has 0 bridgehead atoms. The van der Waals surface area contributed by atoms with Gasteiger partial charge in [-0.1, -0.05) is 39.0 Å². The van der Waals surface area contributed by atoms with E-state index in [-0.39, 0.29) is 18.0 Å². The fourth-order valence-corrected chi connectivity index (χ4v) is 4.53. The number of aromatic nitrogens is 2. The highest BCUT2D eigenvalue weighted by Crippen LogP contribution is 2.36. The second-order valence-electron chi connectivity index (χ2n) is 8.74. The minimum Gasteiger partial charge on any atom is -0.355 e. The third-order valence-electron chi connectivity index (χ3n) is 5.85.